The Labute approximate surface area is 164 Å². The third kappa shape index (κ3) is 2.97. The van der Waals surface area contributed by atoms with Crippen LogP contribution in [0.4, 0.5) is 0 Å². The van der Waals surface area contributed by atoms with E-state index in [1.165, 1.54) is 30.4 Å². The average molecular weight is 369 g/mol. The van der Waals surface area contributed by atoms with Crippen LogP contribution in [0.3, 0.4) is 0 Å². The van der Waals surface area contributed by atoms with Gasteiger partial charge in [-0.15, -0.1) is 0 Å². The summed E-state index contributed by atoms with van der Waals surface area (Å²) in [6.45, 7) is 2.03. The highest BCUT2D eigenvalue weighted by Crippen LogP contribution is 2.29. The molecule has 28 heavy (non-hydrogen) atoms. The van der Waals surface area contributed by atoms with Crippen molar-refractivity contribution in [3.63, 3.8) is 0 Å². The zero-order valence-electron chi connectivity index (χ0n) is 16.0. The molecule has 3 nitrogen and oxygen atoms in total. The van der Waals surface area contributed by atoms with Crippen LogP contribution < -0.4 is 5.32 Å². The zero-order chi connectivity index (χ0) is 19.1. The number of fused-ring (bicyclic) bond motifs is 4. The molecule has 1 N–H and O–H groups in total. The van der Waals surface area contributed by atoms with Crippen LogP contribution in [0, 0.1) is 0 Å². The number of furan rings is 1. The van der Waals surface area contributed by atoms with Crippen molar-refractivity contribution in [1.82, 2.24) is 5.32 Å². The Bertz CT molecular complexity index is 1190. The highest BCUT2D eigenvalue weighted by molar-refractivity contribution is 6.08. The molecule has 0 fully saturated rings. The first-order valence-electron chi connectivity index (χ1n) is 10.0. The van der Waals surface area contributed by atoms with Gasteiger partial charge in [-0.2, -0.15) is 0 Å². The molecule has 1 atom stereocenters. The van der Waals surface area contributed by atoms with Crippen molar-refractivity contribution in [2.75, 3.05) is 0 Å². The van der Waals surface area contributed by atoms with Crippen molar-refractivity contribution in [3.8, 4) is 0 Å². The molecule has 3 aromatic carbocycles. The molecule has 140 valence electrons. The van der Waals surface area contributed by atoms with Gasteiger partial charge in [0.1, 0.15) is 5.58 Å². The molecule has 1 aromatic heterocycles. The fourth-order valence-electron chi connectivity index (χ4n) is 4.28. The topological polar surface area (TPSA) is 42.2 Å². The highest BCUT2D eigenvalue weighted by Gasteiger charge is 2.18. The minimum absolute atomic E-state index is 0.0651. The summed E-state index contributed by atoms with van der Waals surface area (Å²) >= 11 is 0. The minimum Gasteiger partial charge on any atom is -0.451 e. The number of hydrogen-bond acceptors (Lipinski definition) is 2. The average Bonchev–Trinajstić information content (AvgIpc) is 3.18. The third-order valence-electron chi connectivity index (χ3n) is 5.87. The number of carbonyl (C=O) groups excluding carboxylic acids is 1. The van der Waals surface area contributed by atoms with Gasteiger partial charge < -0.3 is 9.73 Å². The Morgan fingerprint density at radius 1 is 0.929 bits per heavy atom. The summed E-state index contributed by atoms with van der Waals surface area (Å²) < 4.78 is 5.85. The van der Waals surface area contributed by atoms with Gasteiger partial charge in [0.2, 0.25) is 0 Å². The number of aryl methyl sites for hydroxylation is 2. The standard InChI is InChI=1S/C25H23NO2/c1-16(19-11-10-17-6-2-3-8-20(17)14-19)26-25(27)24-15-22-21-9-5-4-7-18(21)12-13-23(22)28-24/h4-5,7,9-16H,2-3,6,8H2,1H3,(H,26,27)/t16-/m0/s1. The van der Waals surface area contributed by atoms with Crippen LogP contribution >= 0.6 is 0 Å². The predicted octanol–water partition coefficient (Wildman–Crippen LogP) is 5.96. The largest absolute Gasteiger partial charge is 0.451 e. The molecule has 1 aliphatic carbocycles. The van der Waals surface area contributed by atoms with Crippen LogP contribution in [0.5, 0.6) is 0 Å². The number of carbonyl (C=O) groups is 1. The number of rotatable bonds is 3. The van der Waals surface area contributed by atoms with Crippen LogP contribution in [0.1, 0.15) is 53.1 Å². The maximum Gasteiger partial charge on any atom is 0.287 e. The first kappa shape index (κ1) is 17.1. The summed E-state index contributed by atoms with van der Waals surface area (Å²) in [5.41, 5.74) is 4.78. The van der Waals surface area contributed by atoms with Crippen molar-refractivity contribution in [3.05, 3.63) is 83.1 Å². The molecule has 0 saturated carbocycles. The normalized spacial score (nSPS) is 14.8. The van der Waals surface area contributed by atoms with Gasteiger partial charge in [0.05, 0.1) is 6.04 Å². The number of amides is 1. The van der Waals surface area contributed by atoms with Crippen LogP contribution in [-0.2, 0) is 12.8 Å². The van der Waals surface area contributed by atoms with Crippen molar-refractivity contribution in [1.29, 1.82) is 0 Å². The van der Waals surface area contributed by atoms with Gasteiger partial charge in [-0.3, -0.25) is 4.79 Å². The lowest BCUT2D eigenvalue weighted by molar-refractivity contribution is 0.0914. The minimum atomic E-state index is -0.175. The Kier molecular flexibility index (Phi) is 4.16. The van der Waals surface area contributed by atoms with E-state index in [1.807, 2.05) is 37.3 Å². The monoisotopic (exact) mass is 369 g/mol. The summed E-state index contributed by atoms with van der Waals surface area (Å²) in [6, 6.07) is 20.5. The molecule has 4 aromatic rings. The van der Waals surface area contributed by atoms with Gasteiger partial charge in [0, 0.05) is 5.39 Å². The second-order valence-corrected chi connectivity index (χ2v) is 7.74. The van der Waals surface area contributed by atoms with E-state index >= 15 is 0 Å². The van der Waals surface area contributed by atoms with Gasteiger partial charge in [-0.25, -0.2) is 0 Å². The second kappa shape index (κ2) is 6.83. The summed E-state index contributed by atoms with van der Waals surface area (Å²) in [4.78, 5) is 12.8. The molecule has 0 radical (unpaired) electrons. The molecular formula is C25H23NO2. The molecule has 1 heterocycles. The van der Waals surface area contributed by atoms with E-state index in [1.54, 1.807) is 0 Å². The van der Waals surface area contributed by atoms with Crippen LogP contribution in [0.25, 0.3) is 21.7 Å². The van der Waals surface area contributed by atoms with Crippen molar-refractivity contribution in [2.24, 2.45) is 0 Å². The van der Waals surface area contributed by atoms with E-state index in [-0.39, 0.29) is 11.9 Å². The van der Waals surface area contributed by atoms with Crippen LogP contribution in [-0.4, -0.2) is 5.91 Å². The van der Waals surface area contributed by atoms with Gasteiger partial charge in [-0.1, -0.05) is 48.5 Å². The van der Waals surface area contributed by atoms with Gasteiger partial charge in [0.15, 0.2) is 5.76 Å². The number of hydrogen-bond donors (Lipinski definition) is 1. The van der Waals surface area contributed by atoms with Gasteiger partial charge >= 0.3 is 0 Å². The van der Waals surface area contributed by atoms with Crippen LogP contribution in [0.2, 0.25) is 0 Å². The molecule has 5 rings (SSSR count). The van der Waals surface area contributed by atoms with E-state index in [9.17, 15) is 4.79 Å². The Hall–Kier alpha value is -3.07. The molecule has 0 bridgehead atoms. The molecule has 1 aliphatic rings. The first-order chi connectivity index (χ1) is 13.7. The Morgan fingerprint density at radius 3 is 2.64 bits per heavy atom. The van der Waals surface area contributed by atoms with Crippen molar-refractivity contribution in [2.45, 2.75) is 38.6 Å². The lowest BCUT2D eigenvalue weighted by Crippen LogP contribution is -2.26. The summed E-state index contributed by atoms with van der Waals surface area (Å²) in [7, 11) is 0. The van der Waals surface area contributed by atoms with E-state index in [0.29, 0.717) is 5.76 Å². The maximum absolute atomic E-state index is 12.8. The van der Waals surface area contributed by atoms with Crippen LogP contribution in [0.15, 0.2) is 65.1 Å². The summed E-state index contributed by atoms with van der Waals surface area (Å²) in [5.74, 6) is 0.182. The summed E-state index contributed by atoms with van der Waals surface area (Å²) in [5, 5.41) is 6.32. The molecular weight excluding hydrogens is 346 g/mol. The Balaban J connectivity index is 1.41. The number of nitrogens with one attached hydrogen (secondary N) is 1. The van der Waals surface area contributed by atoms with Gasteiger partial charge in [0.25, 0.3) is 5.91 Å². The van der Waals surface area contributed by atoms with E-state index in [2.05, 4.69) is 35.6 Å². The maximum atomic E-state index is 12.8. The van der Waals surface area contributed by atoms with Crippen molar-refractivity contribution >= 4 is 27.6 Å². The van der Waals surface area contributed by atoms with E-state index in [0.717, 1.165) is 33.7 Å². The second-order valence-electron chi connectivity index (χ2n) is 7.74. The number of benzene rings is 3. The smallest absolute Gasteiger partial charge is 0.287 e. The predicted molar refractivity (Wildman–Crippen MR) is 113 cm³/mol. The lowest BCUT2D eigenvalue weighted by Gasteiger charge is -2.19. The fourth-order valence-corrected chi connectivity index (χ4v) is 4.28. The molecule has 0 aliphatic heterocycles. The van der Waals surface area contributed by atoms with E-state index < -0.39 is 0 Å². The van der Waals surface area contributed by atoms with E-state index in [4.69, 9.17) is 4.42 Å². The highest BCUT2D eigenvalue weighted by atomic mass is 16.3. The molecule has 3 heteroatoms. The molecule has 0 unspecified atom stereocenters. The Morgan fingerprint density at radius 2 is 1.75 bits per heavy atom. The quantitative estimate of drug-likeness (QED) is 0.484. The SMILES string of the molecule is C[C@H](NC(=O)c1cc2c(ccc3ccccc32)o1)c1ccc2c(c1)CCCC2. The fraction of sp³-hybridized carbons (Fsp3) is 0.240. The first-order valence-corrected chi connectivity index (χ1v) is 10.0. The molecule has 0 saturated heterocycles. The summed E-state index contributed by atoms with van der Waals surface area (Å²) in [6.07, 6.45) is 4.84. The lowest BCUT2D eigenvalue weighted by atomic mass is 9.89. The van der Waals surface area contributed by atoms with Crippen molar-refractivity contribution < 1.29 is 9.21 Å². The molecule has 0 spiro atoms. The van der Waals surface area contributed by atoms with Gasteiger partial charge in [-0.05, 0) is 72.2 Å². The molecule has 1 amide bonds. The zero-order valence-corrected chi connectivity index (χ0v) is 16.0. The third-order valence-corrected chi connectivity index (χ3v) is 5.87.